The number of nitrogens with one attached hydrogen (secondary N) is 1. The van der Waals surface area contributed by atoms with Gasteiger partial charge in [0.15, 0.2) is 5.65 Å². The van der Waals surface area contributed by atoms with Crippen molar-refractivity contribution in [2.45, 2.75) is 6.42 Å². The van der Waals surface area contributed by atoms with Gasteiger partial charge >= 0.3 is 0 Å². The molecule has 0 aliphatic rings. The molecule has 0 fully saturated rings. The molecule has 2 aromatic rings. The minimum atomic E-state index is 0.672. The van der Waals surface area contributed by atoms with E-state index < -0.39 is 0 Å². The molecule has 2 heterocycles. The third-order valence-corrected chi connectivity index (χ3v) is 2.09. The van der Waals surface area contributed by atoms with E-state index in [4.69, 9.17) is 6.42 Å². The molecule has 2 aromatic heterocycles. The minimum Gasteiger partial charge on any atom is -0.368 e. The van der Waals surface area contributed by atoms with E-state index >= 15 is 0 Å². The van der Waals surface area contributed by atoms with E-state index in [-0.39, 0.29) is 0 Å². The second-order valence-corrected chi connectivity index (χ2v) is 3.11. The zero-order chi connectivity index (χ0) is 10.7. The Balaban J connectivity index is 2.31. The zero-order valence-electron chi connectivity index (χ0n) is 8.44. The van der Waals surface area contributed by atoms with Gasteiger partial charge in [-0.25, -0.2) is 9.97 Å². The third-order valence-electron chi connectivity index (χ3n) is 2.09. The first kappa shape index (κ1) is 9.46. The highest BCUT2D eigenvalue weighted by Gasteiger charge is 2.06. The van der Waals surface area contributed by atoms with Crippen LogP contribution in [0.2, 0.25) is 0 Å². The van der Waals surface area contributed by atoms with Crippen LogP contribution in [0.25, 0.3) is 11.0 Å². The smallest absolute Gasteiger partial charge is 0.163 e. The highest BCUT2D eigenvalue weighted by Crippen LogP contribution is 2.17. The van der Waals surface area contributed by atoms with E-state index in [1.165, 1.54) is 6.33 Å². The number of rotatable bonds is 3. The van der Waals surface area contributed by atoms with Gasteiger partial charge in [-0.05, 0) is 0 Å². The summed E-state index contributed by atoms with van der Waals surface area (Å²) >= 11 is 0. The van der Waals surface area contributed by atoms with E-state index in [9.17, 15) is 0 Å². The predicted molar refractivity (Wildman–Crippen MR) is 58.2 cm³/mol. The van der Waals surface area contributed by atoms with Crippen molar-refractivity contribution in [3.05, 3.63) is 12.5 Å². The molecule has 0 spiro atoms. The van der Waals surface area contributed by atoms with E-state index in [2.05, 4.69) is 26.3 Å². The largest absolute Gasteiger partial charge is 0.368 e. The number of aromatic nitrogens is 4. The molecule has 0 saturated carbocycles. The maximum absolute atomic E-state index is 5.17. The van der Waals surface area contributed by atoms with Crippen LogP contribution >= 0.6 is 0 Å². The number of anilines is 1. The van der Waals surface area contributed by atoms with Crippen LogP contribution in [0.1, 0.15) is 6.42 Å². The summed E-state index contributed by atoms with van der Waals surface area (Å²) in [5.41, 5.74) is 0.813. The lowest BCUT2D eigenvalue weighted by molar-refractivity contribution is 0.785. The predicted octanol–water partition coefficient (Wildman–Crippen LogP) is 0.798. The van der Waals surface area contributed by atoms with E-state index in [0.717, 1.165) is 16.9 Å². The molecule has 0 aliphatic carbocycles. The number of nitrogens with zero attached hydrogens (tertiary/aromatic N) is 4. The van der Waals surface area contributed by atoms with Crippen LogP contribution in [0.15, 0.2) is 12.5 Å². The van der Waals surface area contributed by atoms with Crippen molar-refractivity contribution in [2.75, 3.05) is 11.9 Å². The summed E-state index contributed by atoms with van der Waals surface area (Å²) in [7, 11) is 1.85. The van der Waals surface area contributed by atoms with Gasteiger partial charge in [0.25, 0.3) is 0 Å². The average Bonchev–Trinajstić information content (AvgIpc) is 2.62. The van der Waals surface area contributed by atoms with Gasteiger partial charge in [0, 0.05) is 20.0 Å². The fourth-order valence-electron chi connectivity index (χ4n) is 1.36. The average molecular weight is 201 g/mol. The summed E-state index contributed by atoms with van der Waals surface area (Å²) < 4.78 is 1.71. The Morgan fingerprint density at radius 2 is 2.40 bits per heavy atom. The lowest BCUT2D eigenvalue weighted by Crippen LogP contribution is -2.03. The minimum absolute atomic E-state index is 0.672. The van der Waals surface area contributed by atoms with Gasteiger partial charge in [-0.1, -0.05) is 0 Å². The number of fused-ring (bicyclic) bond motifs is 1. The second kappa shape index (κ2) is 3.96. The first-order valence-corrected chi connectivity index (χ1v) is 4.63. The van der Waals surface area contributed by atoms with Crippen molar-refractivity contribution in [3.8, 4) is 12.3 Å². The molecule has 0 amide bonds. The van der Waals surface area contributed by atoms with E-state index in [1.54, 1.807) is 10.9 Å². The van der Waals surface area contributed by atoms with Crippen LogP contribution in [0.3, 0.4) is 0 Å². The maximum atomic E-state index is 5.17. The van der Waals surface area contributed by atoms with E-state index in [0.29, 0.717) is 13.0 Å². The van der Waals surface area contributed by atoms with Crippen LogP contribution in [-0.2, 0) is 7.05 Å². The van der Waals surface area contributed by atoms with E-state index in [1.807, 2.05) is 7.05 Å². The summed E-state index contributed by atoms with van der Waals surface area (Å²) in [6, 6.07) is 0. The molecular weight excluding hydrogens is 190 g/mol. The first-order valence-electron chi connectivity index (χ1n) is 4.63. The summed E-state index contributed by atoms with van der Waals surface area (Å²) in [6.07, 6.45) is 9.10. The fraction of sp³-hybridized carbons (Fsp3) is 0.300. The van der Waals surface area contributed by atoms with Gasteiger partial charge in [-0.2, -0.15) is 5.10 Å². The molecule has 0 saturated heterocycles. The molecule has 76 valence electrons. The molecule has 1 N–H and O–H groups in total. The number of hydrogen-bond acceptors (Lipinski definition) is 4. The quantitative estimate of drug-likeness (QED) is 0.589. The number of hydrogen-bond donors (Lipinski definition) is 1. The summed E-state index contributed by atoms with van der Waals surface area (Å²) in [5.74, 6) is 3.35. The molecule has 0 unspecified atom stereocenters. The van der Waals surface area contributed by atoms with Crippen LogP contribution < -0.4 is 5.32 Å². The maximum Gasteiger partial charge on any atom is 0.163 e. The second-order valence-electron chi connectivity index (χ2n) is 3.11. The molecular formula is C10H11N5. The highest BCUT2D eigenvalue weighted by molar-refractivity contribution is 5.85. The van der Waals surface area contributed by atoms with Crippen molar-refractivity contribution in [1.82, 2.24) is 19.7 Å². The van der Waals surface area contributed by atoms with Crippen LogP contribution in [-0.4, -0.2) is 26.3 Å². The zero-order valence-corrected chi connectivity index (χ0v) is 8.44. The van der Waals surface area contributed by atoms with Gasteiger partial charge in [0.2, 0.25) is 0 Å². The lowest BCUT2D eigenvalue weighted by Gasteiger charge is -2.03. The van der Waals surface area contributed by atoms with Gasteiger partial charge < -0.3 is 5.32 Å². The molecule has 0 bridgehead atoms. The molecule has 0 radical (unpaired) electrons. The summed E-state index contributed by atoms with van der Waals surface area (Å²) in [5, 5.41) is 8.19. The topological polar surface area (TPSA) is 55.6 Å². The molecule has 0 atom stereocenters. The van der Waals surface area contributed by atoms with Gasteiger partial charge in [-0.3, -0.25) is 4.68 Å². The molecule has 2 rings (SSSR count). The third kappa shape index (κ3) is 1.74. The van der Waals surface area contributed by atoms with Crippen molar-refractivity contribution in [3.63, 3.8) is 0 Å². The van der Waals surface area contributed by atoms with Crippen molar-refractivity contribution in [1.29, 1.82) is 0 Å². The fourth-order valence-corrected chi connectivity index (χ4v) is 1.36. The van der Waals surface area contributed by atoms with Crippen molar-refractivity contribution in [2.24, 2.45) is 7.05 Å². The Bertz CT molecular complexity index is 508. The lowest BCUT2D eigenvalue weighted by atomic mass is 10.3. The Morgan fingerprint density at radius 1 is 1.53 bits per heavy atom. The SMILES string of the molecule is C#CCCNc1ncnc2c1cnn2C. The Kier molecular flexibility index (Phi) is 2.50. The monoisotopic (exact) mass is 201 g/mol. The Hall–Kier alpha value is -2.09. The summed E-state index contributed by atoms with van der Waals surface area (Å²) in [6.45, 7) is 0.706. The van der Waals surface area contributed by atoms with Gasteiger partial charge in [0.05, 0.1) is 11.6 Å². The molecule has 5 nitrogen and oxygen atoms in total. The van der Waals surface area contributed by atoms with Crippen molar-refractivity contribution < 1.29 is 0 Å². The van der Waals surface area contributed by atoms with Crippen LogP contribution in [0.4, 0.5) is 5.82 Å². The highest BCUT2D eigenvalue weighted by atomic mass is 15.3. The van der Waals surface area contributed by atoms with Crippen molar-refractivity contribution >= 4 is 16.9 Å². The normalized spacial score (nSPS) is 10.1. The van der Waals surface area contributed by atoms with Gasteiger partial charge in [0.1, 0.15) is 12.1 Å². The van der Waals surface area contributed by atoms with Crippen LogP contribution in [0, 0.1) is 12.3 Å². The van der Waals surface area contributed by atoms with Crippen LogP contribution in [0.5, 0.6) is 0 Å². The summed E-state index contributed by atoms with van der Waals surface area (Å²) in [4.78, 5) is 8.29. The Morgan fingerprint density at radius 3 is 3.20 bits per heavy atom. The molecule has 5 heteroatoms. The first-order chi connectivity index (χ1) is 7.33. The molecule has 0 aromatic carbocycles. The van der Waals surface area contributed by atoms with Gasteiger partial charge in [-0.15, -0.1) is 12.3 Å². The molecule has 15 heavy (non-hydrogen) atoms. The number of aryl methyl sites for hydroxylation is 1. The number of terminal acetylenes is 1. The standard InChI is InChI=1S/C10H11N5/c1-3-4-5-11-9-8-6-14-15(2)10(8)13-7-12-9/h1,6-7H,4-5H2,2H3,(H,11,12,13). The molecule has 0 aliphatic heterocycles. The Labute approximate surface area is 87.5 Å².